The van der Waals surface area contributed by atoms with E-state index < -0.39 is 5.60 Å². The quantitative estimate of drug-likeness (QED) is 0.790. The van der Waals surface area contributed by atoms with E-state index in [-0.39, 0.29) is 23.9 Å². The van der Waals surface area contributed by atoms with Gasteiger partial charge in [-0.05, 0) is 20.8 Å². The van der Waals surface area contributed by atoms with Gasteiger partial charge in [-0.15, -0.1) is 0 Å². The fraction of sp³-hybridized carbons (Fsp3) is 0.857. The highest BCUT2D eigenvalue weighted by molar-refractivity contribution is 5.80. The number of Topliss-reactive ketones (excluding diaryl/α,β-unsaturated/α-hetero) is 1. The fourth-order valence-electron chi connectivity index (χ4n) is 1.80. The molecule has 0 saturated carbocycles. The molecule has 0 aromatic heterocycles. The summed E-state index contributed by atoms with van der Waals surface area (Å²) in [5.74, 6) is 0.163. The highest BCUT2D eigenvalue weighted by atomic mass is 16.6. The van der Waals surface area contributed by atoms with Crippen LogP contribution in [0.25, 0.3) is 0 Å². The molecule has 1 aliphatic rings. The molecular formula is C14H25NO4. The molecule has 19 heavy (non-hydrogen) atoms. The lowest BCUT2D eigenvalue weighted by atomic mass is 10.0. The van der Waals surface area contributed by atoms with Crippen molar-refractivity contribution in [3.8, 4) is 0 Å². The van der Waals surface area contributed by atoms with Gasteiger partial charge in [0.2, 0.25) is 0 Å². The number of carbonyl (C=O) groups excluding carboxylic acids is 2. The Morgan fingerprint density at radius 2 is 2.00 bits per heavy atom. The third kappa shape index (κ3) is 5.59. The molecule has 110 valence electrons. The average molecular weight is 271 g/mol. The Kier molecular flexibility index (Phi) is 5.35. The van der Waals surface area contributed by atoms with Crippen molar-refractivity contribution in [1.82, 2.24) is 4.90 Å². The fourth-order valence-corrected chi connectivity index (χ4v) is 1.80. The van der Waals surface area contributed by atoms with Gasteiger partial charge in [-0.25, -0.2) is 4.79 Å². The molecule has 0 bridgehead atoms. The van der Waals surface area contributed by atoms with E-state index in [2.05, 4.69) is 0 Å². The van der Waals surface area contributed by atoms with Gasteiger partial charge in [-0.2, -0.15) is 0 Å². The summed E-state index contributed by atoms with van der Waals surface area (Å²) >= 11 is 0. The number of ketones is 1. The normalized spacial score (nSPS) is 20.5. The second-order valence-electron chi connectivity index (χ2n) is 6.24. The molecule has 0 radical (unpaired) electrons. The molecule has 0 aromatic carbocycles. The first-order valence-electron chi connectivity index (χ1n) is 6.81. The van der Waals surface area contributed by atoms with E-state index >= 15 is 0 Å². The van der Waals surface area contributed by atoms with Gasteiger partial charge < -0.3 is 14.4 Å². The smallest absolute Gasteiger partial charge is 0.410 e. The van der Waals surface area contributed by atoms with E-state index in [1.807, 2.05) is 34.6 Å². The maximum absolute atomic E-state index is 11.9. The van der Waals surface area contributed by atoms with Gasteiger partial charge in [0.25, 0.3) is 0 Å². The summed E-state index contributed by atoms with van der Waals surface area (Å²) in [6.07, 6.45) is -0.189. The Balaban J connectivity index is 2.50. The van der Waals surface area contributed by atoms with Crippen LogP contribution in [0.1, 0.15) is 41.0 Å². The summed E-state index contributed by atoms with van der Waals surface area (Å²) in [4.78, 5) is 25.3. The molecule has 1 heterocycles. The first kappa shape index (κ1) is 16.0. The molecule has 1 saturated heterocycles. The molecule has 1 fully saturated rings. The summed E-state index contributed by atoms with van der Waals surface area (Å²) < 4.78 is 10.9. The molecular weight excluding hydrogens is 246 g/mol. The summed E-state index contributed by atoms with van der Waals surface area (Å²) in [7, 11) is 0. The lowest BCUT2D eigenvalue weighted by molar-refractivity contribution is -0.126. The molecule has 1 rings (SSSR count). The zero-order valence-corrected chi connectivity index (χ0v) is 12.6. The van der Waals surface area contributed by atoms with Gasteiger partial charge in [-0.1, -0.05) is 13.8 Å². The molecule has 0 spiro atoms. The predicted octanol–water partition coefficient (Wildman–Crippen LogP) is 2.24. The van der Waals surface area contributed by atoms with Gasteiger partial charge in [0.15, 0.2) is 0 Å². The highest BCUT2D eigenvalue weighted by Crippen LogP contribution is 2.15. The largest absolute Gasteiger partial charge is 0.444 e. The number of nitrogens with zero attached hydrogens (tertiary/aromatic N) is 1. The molecule has 0 aromatic rings. The third-order valence-corrected chi connectivity index (χ3v) is 2.86. The first-order valence-corrected chi connectivity index (χ1v) is 6.81. The van der Waals surface area contributed by atoms with Gasteiger partial charge in [0.1, 0.15) is 11.4 Å². The van der Waals surface area contributed by atoms with Crippen molar-refractivity contribution in [3.63, 3.8) is 0 Å². The Labute approximate surface area is 115 Å². The molecule has 0 unspecified atom stereocenters. The van der Waals surface area contributed by atoms with E-state index in [9.17, 15) is 9.59 Å². The number of carbonyl (C=O) groups is 2. The van der Waals surface area contributed by atoms with Crippen molar-refractivity contribution in [2.45, 2.75) is 52.7 Å². The van der Waals surface area contributed by atoms with E-state index in [1.54, 1.807) is 4.90 Å². The van der Waals surface area contributed by atoms with Crippen molar-refractivity contribution in [3.05, 3.63) is 0 Å². The van der Waals surface area contributed by atoms with Gasteiger partial charge in [-0.3, -0.25) is 4.79 Å². The Hall–Kier alpha value is -1.10. The lowest BCUT2D eigenvalue weighted by Crippen LogP contribution is -2.48. The number of hydrogen-bond donors (Lipinski definition) is 0. The molecule has 1 atom stereocenters. The molecule has 1 aliphatic heterocycles. The molecule has 5 nitrogen and oxygen atoms in total. The Morgan fingerprint density at radius 1 is 1.37 bits per heavy atom. The second kappa shape index (κ2) is 6.37. The Bertz CT molecular complexity index is 333. The minimum atomic E-state index is -0.501. The van der Waals surface area contributed by atoms with E-state index in [4.69, 9.17) is 9.47 Å². The summed E-state index contributed by atoms with van der Waals surface area (Å²) in [6.45, 7) is 10.7. The van der Waals surface area contributed by atoms with E-state index in [0.29, 0.717) is 26.1 Å². The van der Waals surface area contributed by atoms with Crippen LogP contribution >= 0.6 is 0 Å². The van der Waals surface area contributed by atoms with Crippen LogP contribution in [0.2, 0.25) is 0 Å². The standard InChI is InChI=1S/C14H25NO4/c1-10(2)12(16)8-11-9-15(6-7-18-11)13(17)19-14(3,4)5/h10-11H,6-9H2,1-5H3/t11-/m1/s1. The van der Waals surface area contributed by atoms with Crippen LogP contribution in [0.3, 0.4) is 0 Å². The van der Waals surface area contributed by atoms with Crippen LogP contribution in [-0.2, 0) is 14.3 Å². The highest BCUT2D eigenvalue weighted by Gasteiger charge is 2.29. The molecule has 0 aliphatic carbocycles. The summed E-state index contributed by atoms with van der Waals surface area (Å²) in [5, 5.41) is 0. The van der Waals surface area contributed by atoms with Gasteiger partial charge in [0.05, 0.1) is 19.3 Å². The van der Waals surface area contributed by atoms with Crippen molar-refractivity contribution >= 4 is 11.9 Å². The van der Waals surface area contributed by atoms with Crippen molar-refractivity contribution in [2.75, 3.05) is 19.7 Å². The minimum absolute atomic E-state index is 0.000466. The van der Waals surface area contributed by atoms with E-state index in [1.165, 1.54) is 0 Å². The first-order chi connectivity index (χ1) is 8.69. The van der Waals surface area contributed by atoms with Crippen molar-refractivity contribution in [2.24, 2.45) is 5.92 Å². The minimum Gasteiger partial charge on any atom is -0.444 e. The zero-order valence-electron chi connectivity index (χ0n) is 12.6. The van der Waals surface area contributed by atoms with Gasteiger partial charge >= 0.3 is 6.09 Å². The number of hydrogen-bond acceptors (Lipinski definition) is 4. The number of amides is 1. The number of rotatable bonds is 3. The maximum atomic E-state index is 11.9. The monoisotopic (exact) mass is 271 g/mol. The summed E-state index contributed by atoms with van der Waals surface area (Å²) in [6, 6.07) is 0. The number of ether oxygens (including phenoxy) is 2. The summed E-state index contributed by atoms with van der Waals surface area (Å²) in [5.41, 5.74) is -0.501. The SMILES string of the molecule is CC(C)C(=O)C[C@@H]1CN(C(=O)OC(C)(C)C)CCO1. The van der Waals surface area contributed by atoms with Crippen LogP contribution in [0.15, 0.2) is 0 Å². The van der Waals surface area contributed by atoms with Crippen LogP contribution in [0, 0.1) is 5.92 Å². The van der Waals surface area contributed by atoms with Crippen LogP contribution in [-0.4, -0.2) is 48.2 Å². The van der Waals surface area contributed by atoms with Crippen LogP contribution < -0.4 is 0 Å². The molecule has 1 amide bonds. The van der Waals surface area contributed by atoms with Crippen LogP contribution in [0.5, 0.6) is 0 Å². The third-order valence-electron chi connectivity index (χ3n) is 2.86. The van der Waals surface area contributed by atoms with Gasteiger partial charge in [0, 0.05) is 18.9 Å². The van der Waals surface area contributed by atoms with Crippen molar-refractivity contribution in [1.29, 1.82) is 0 Å². The second-order valence-corrected chi connectivity index (χ2v) is 6.24. The topological polar surface area (TPSA) is 55.8 Å². The zero-order chi connectivity index (χ0) is 14.6. The Morgan fingerprint density at radius 3 is 2.53 bits per heavy atom. The average Bonchev–Trinajstić information content (AvgIpc) is 2.27. The predicted molar refractivity (Wildman–Crippen MR) is 72.0 cm³/mol. The van der Waals surface area contributed by atoms with Crippen LogP contribution in [0.4, 0.5) is 4.79 Å². The molecule has 0 N–H and O–H groups in total. The number of morpholine rings is 1. The maximum Gasteiger partial charge on any atom is 0.410 e. The molecule has 5 heteroatoms. The van der Waals surface area contributed by atoms with Crippen molar-refractivity contribution < 1.29 is 19.1 Å². The lowest BCUT2D eigenvalue weighted by Gasteiger charge is -2.34. The van der Waals surface area contributed by atoms with E-state index in [0.717, 1.165) is 0 Å².